The lowest BCUT2D eigenvalue weighted by molar-refractivity contribution is 0.101. The highest BCUT2D eigenvalue weighted by Crippen LogP contribution is 2.40. The third-order valence-corrected chi connectivity index (χ3v) is 4.82. The quantitative estimate of drug-likeness (QED) is 0.522. The maximum atomic E-state index is 12.1. The van der Waals surface area contributed by atoms with Crippen molar-refractivity contribution in [3.8, 4) is 22.6 Å². The summed E-state index contributed by atoms with van der Waals surface area (Å²) < 4.78 is 7.82. The molecule has 0 fully saturated rings. The van der Waals surface area contributed by atoms with E-state index in [0.29, 0.717) is 22.6 Å². The molecule has 5 nitrogen and oxygen atoms in total. The van der Waals surface area contributed by atoms with Gasteiger partial charge in [-0.15, -0.1) is 0 Å². The first-order valence-electron chi connectivity index (χ1n) is 9.01. The Hall–Kier alpha value is -3.60. The molecule has 140 valence electrons. The largest absolute Gasteiger partial charge is 0.455 e. The fourth-order valence-electron chi connectivity index (χ4n) is 3.43. The zero-order valence-electron chi connectivity index (χ0n) is 15.9. The minimum atomic E-state index is -0.0332. The van der Waals surface area contributed by atoms with Gasteiger partial charge in [-0.3, -0.25) is 9.59 Å². The first kappa shape index (κ1) is 17.8. The Morgan fingerprint density at radius 2 is 1.86 bits per heavy atom. The summed E-state index contributed by atoms with van der Waals surface area (Å²) in [6.07, 6.45) is 3.50. The summed E-state index contributed by atoms with van der Waals surface area (Å²) in [6, 6.07) is 15.2. The molecule has 5 heteroatoms. The van der Waals surface area contributed by atoms with E-state index in [1.807, 2.05) is 48.5 Å². The Kier molecular flexibility index (Phi) is 4.35. The van der Waals surface area contributed by atoms with E-state index in [9.17, 15) is 9.59 Å². The van der Waals surface area contributed by atoms with Gasteiger partial charge in [0.2, 0.25) is 0 Å². The summed E-state index contributed by atoms with van der Waals surface area (Å²) in [4.78, 5) is 27.3. The lowest BCUT2D eigenvalue weighted by Gasteiger charge is -2.14. The average Bonchev–Trinajstić information content (AvgIpc) is 3.12. The number of ether oxygens (including phenoxy) is 1. The van der Waals surface area contributed by atoms with E-state index in [1.54, 1.807) is 37.9 Å². The predicted octanol–water partition coefficient (Wildman–Crippen LogP) is 4.84. The van der Waals surface area contributed by atoms with Gasteiger partial charge in [-0.1, -0.05) is 24.3 Å². The predicted molar refractivity (Wildman–Crippen MR) is 110 cm³/mol. The fraction of sp³-hybridized carbons (Fsp3) is 0.130. The van der Waals surface area contributed by atoms with E-state index in [2.05, 4.69) is 4.98 Å². The molecule has 2 aromatic heterocycles. The summed E-state index contributed by atoms with van der Waals surface area (Å²) in [6.45, 7) is 3.34. The summed E-state index contributed by atoms with van der Waals surface area (Å²) in [7, 11) is 1.73. The van der Waals surface area contributed by atoms with Gasteiger partial charge in [-0.05, 0) is 38.1 Å². The lowest BCUT2D eigenvalue weighted by Crippen LogP contribution is -2.18. The standard InChI is InChI=1S/C23H20N2O3/c1-14-11-16(13-25(3)23(14)27)18-9-10-19-20(15(2)26)12-24-21(19)22(18)28-17-7-5-4-6-8-17/h4-13,24H,1-3H3. The molecule has 1 N–H and O–H groups in total. The molecule has 2 heterocycles. The normalized spacial score (nSPS) is 11.0. The van der Waals surface area contributed by atoms with E-state index >= 15 is 0 Å². The molecule has 0 unspecified atom stereocenters. The maximum Gasteiger partial charge on any atom is 0.253 e. The van der Waals surface area contributed by atoms with Crippen molar-refractivity contribution >= 4 is 16.7 Å². The first-order valence-corrected chi connectivity index (χ1v) is 9.01. The molecule has 4 rings (SSSR count). The van der Waals surface area contributed by atoms with E-state index in [1.165, 1.54) is 0 Å². The van der Waals surface area contributed by atoms with Gasteiger partial charge in [0.1, 0.15) is 5.75 Å². The highest BCUT2D eigenvalue weighted by molar-refractivity contribution is 6.09. The second-order valence-corrected chi connectivity index (χ2v) is 6.87. The summed E-state index contributed by atoms with van der Waals surface area (Å²) >= 11 is 0. The molecule has 0 atom stereocenters. The van der Waals surface area contributed by atoms with Crippen LogP contribution in [0.4, 0.5) is 0 Å². The molecule has 0 saturated carbocycles. The number of aromatic nitrogens is 2. The number of benzene rings is 2. The molecule has 0 aliphatic rings. The number of Topliss-reactive ketones (excluding diaryl/α,β-unsaturated/α-hetero) is 1. The number of nitrogens with zero attached hydrogens (tertiary/aromatic N) is 1. The Morgan fingerprint density at radius 3 is 2.54 bits per heavy atom. The molecule has 0 aliphatic carbocycles. The number of carbonyl (C=O) groups is 1. The van der Waals surface area contributed by atoms with Crippen molar-refractivity contribution in [2.24, 2.45) is 7.05 Å². The smallest absolute Gasteiger partial charge is 0.253 e. The monoisotopic (exact) mass is 372 g/mol. The molecular weight excluding hydrogens is 352 g/mol. The number of hydrogen-bond donors (Lipinski definition) is 1. The van der Waals surface area contributed by atoms with Crippen LogP contribution in [0.3, 0.4) is 0 Å². The number of pyridine rings is 1. The van der Waals surface area contributed by atoms with Crippen molar-refractivity contribution < 1.29 is 9.53 Å². The van der Waals surface area contributed by atoms with Gasteiger partial charge >= 0.3 is 0 Å². The number of carbonyl (C=O) groups excluding carboxylic acids is 1. The third-order valence-electron chi connectivity index (χ3n) is 4.82. The molecule has 2 aromatic carbocycles. The molecule has 28 heavy (non-hydrogen) atoms. The number of rotatable bonds is 4. The molecule has 0 amide bonds. The Morgan fingerprint density at radius 1 is 1.11 bits per heavy atom. The van der Waals surface area contributed by atoms with Crippen LogP contribution in [0.5, 0.6) is 11.5 Å². The van der Waals surface area contributed by atoms with Crippen LogP contribution in [0, 0.1) is 6.92 Å². The molecule has 4 aromatic rings. The zero-order valence-corrected chi connectivity index (χ0v) is 15.9. The van der Waals surface area contributed by atoms with Crippen LogP contribution in [0.25, 0.3) is 22.0 Å². The second kappa shape index (κ2) is 6.85. The summed E-state index contributed by atoms with van der Waals surface area (Å²) in [5.41, 5.74) is 3.70. The number of para-hydroxylation sites is 1. The van der Waals surface area contributed by atoms with Crippen LogP contribution >= 0.6 is 0 Å². The van der Waals surface area contributed by atoms with Gasteiger partial charge in [0.15, 0.2) is 11.5 Å². The van der Waals surface area contributed by atoms with E-state index in [-0.39, 0.29) is 11.3 Å². The van der Waals surface area contributed by atoms with Crippen molar-refractivity contribution in [2.75, 3.05) is 0 Å². The van der Waals surface area contributed by atoms with Gasteiger partial charge in [0.25, 0.3) is 5.56 Å². The first-order chi connectivity index (χ1) is 13.5. The topological polar surface area (TPSA) is 64.1 Å². The van der Waals surface area contributed by atoms with Crippen LogP contribution in [0.2, 0.25) is 0 Å². The van der Waals surface area contributed by atoms with Crippen molar-refractivity contribution in [3.05, 3.63) is 82.4 Å². The van der Waals surface area contributed by atoms with Crippen LogP contribution in [0.1, 0.15) is 22.8 Å². The molecule has 0 saturated heterocycles. The third kappa shape index (κ3) is 3.01. The van der Waals surface area contributed by atoms with Gasteiger partial charge in [-0.2, -0.15) is 0 Å². The number of aryl methyl sites for hydroxylation is 2. The van der Waals surface area contributed by atoms with Gasteiger partial charge in [0.05, 0.1) is 5.52 Å². The zero-order chi connectivity index (χ0) is 19.8. The SMILES string of the molecule is CC(=O)c1c[nH]c2c(Oc3ccccc3)c(-c3cc(C)c(=O)n(C)c3)ccc12. The number of H-pyrrole nitrogens is 1. The molecule has 0 spiro atoms. The van der Waals surface area contributed by atoms with Crippen molar-refractivity contribution in [3.63, 3.8) is 0 Å². The number of nitrogens with one attached hydrogen (secondary N) is 1. The van der Waals surface area contributed by atoms with Gasteiger partial charge in [-0.25, -0.2) is 0 Å². The number of ketones is 1. The Bertz CT molecular complexity index is 1220. The number of fused-ring (bicyclic) bond motifs is 1. The van der Waals surface area contributed by atoms with Crippen LogP contribution in [-0.2, 0) is 7.05 Å². The van der Waals surface area contributed by atoms with Gasteiger partial charge < -0.3 is 14.3 Å². The fourth-order valence-corrected chi connectivity index (χ4v) is 3.43. The van der Waals surface area contributed by atoms with E-state index < -0.39 is 0 Å². The number of hydrogen-bond acceptors (Lipinski definition) is 3. The molecule has 0 bridgehead atoms. The maximum absolute atomic E-state index is 12.1. The average molecular weight is 372 g/mol. The highest BCUT2D eigenvalue weighted by Gasteiger charge is 2.18. The van der Waals surface area contributed by atoms with Crippen LogP contribution < -0.4 is 10.3 Å². The lowest BCUT2D eigenvalue weighted by atomic mass is 10.0. The molecule has 0 radical (unpaired) electrons. The second-order valence-electron chi connectivity index (χ2n) is 6.87. The molecule has 0 aliphatic heterocycles. The van der Waals surface area contributed by atoms with E-state index in [4.69, 9.17) is 4.74 Å². The van der Waals surface area contributed by atoms with Crippen molar-refractivity contribution in [1.29, 1.82) is 0 Å². The van der Waals surface area contributed by atoms with Crippen LogP contribution in [-0.4, -0.2) is 15.3 Å². The van der Waals surface area contributed by atoms with Crippen molar-refractivity contribution in [2.45, 2.75) is 13.8 Å². The van der Waals surface area contributed by atoms with E-state index in [0.717, 1.165) is 22.0 Å². The van der Waals surface area contributed by atoms with Crippen molar-refractivity contribution in [1.82, 2.24) is 9.55 Å². The Balaban J connectivity index is 1.99. The Labute approximate surface area is 162 Å². The summed E-state index contributed by atoms with van der Waals surface area (Å²) in [5, 5.41) is 0.809. The summed E-state index contributed by atoms with van der Waals surface area (Å²) in [5.74, 6) is 1.30. The number of aromatic amines is 1. The molecular formula is C23H20N2O3. The minimum absolute atomic E-state index is 0.0115. The van der Waals surface area contributed by atoms with Crippen LogP contribution in [0.15, 0.2) is 65.7 Å². The van der Waals surface area contributed by atoms with Gasteiger partial charge in [0, 0.05) is 47.1 Å². The highest BCUT2D eigenvalue weighted by atomic mass is 16.5. The minimum Gasteiger partial charge on any atom is -0.455 e.